The molecule has 0 atom stereocenters. The number of hydrogen-bond donors (Lipinski definition) is 0. The van der Waals surface area contributed by atoms with Crippen molar-refractivity contribution in [2.45, 2.75) is 37.3 Å². The maximum absolute atomic E-state index is 13.3. The fourth-order valence-corrected chi connectivity index (χ4v) is 5.78. The Morgan fingerprint density at radius 2 is 1.85 bits per heavy atom. The lowest BCUT2D eigenvalue weighted by Crippen LogP contribution is -2.31. The zero-order valence-corrected chi connectivity index (χ0v) is 17.3. The normalized spacial score (nSPS) is 12.4. The van der Waals surface area contributed by atoms with Crippen LogP contribution in [0.15, 0.2) is 59.5 Å². The first kappa shape index (κ1) is 18.3. The number of amides is 1. The second-order valence-corrected chi connectivity index (χ2v) is 8.80. The number of carbonyl (C=O) groups is 1. The number of anilines is 1. The molecule has 1 aliphatic heterocycles. The molecule has 0 N–H and O–H groups in total. The van der Waals surface area contributed by atoms with Gasteiger partial charge < -0.3 is 4.90 Å². The Bertz CT molecular complexity index is 959. The van der Waals surface area contributed by atoms with Gasteiger partial charge in [-0.25, -0.2) is 0 Å². The zero-order chi connectivity index (χ0) is 18.8. The molecule has 0 spiro atoms. The zero-order valence-electron chi connectivity index (χ0n) is 15.7. The highest BCUT2D eigenvalue weighted by Crippen LogP contribution is 2.45. The SMILES string of the molecule is CCCN(C(=O)c1cc2c(s1)-c1ccccc1SC2)c1ccc(CC)cc1. The van der Waals surface area contributed by atoms with Crippen molar-refractivity contribution in [1.82, 2.24) is 0 Å². The molecule has 3 aromatic rings. The van der Waals surface area contributed by atoms with E-state index in [0.717, 1.165) is 35.7 Å². The van der Waals surface area contributed by atoms with Crippen LogP contribution in [0.1, 0.15) is 41.1 Å². The Labute approximate surface area is 169 Å². The van der Waals surface area contributed by atoms with Crippen LogP contribution >= 0.6 is 23.1 Å². The molecule has 0 saturated carbocycles. The number of carbonyl (C=O) groups excluding carboxylic acids is 1. The van der Waals surface area contributed by atoms with E-state index in [2.05, 4.69) is 68.4 Å². The van der Waals surface area contributed by atoms with Crippen LogP contribution in [0.5, 0.6) is 0 Å². The lowest BCUT2D eigenvalue weighted by molar-refractivity contribution is 0.0990. The predicted octanol–water partition coefficient (Wildman–Crippen LogP) is 6.64. The molecule has 0 bridgehead atoms. The fraction of sp³-hybridized carbons (Fsp3) is 0.261. The Balaban J connectivity index is 1.68. The minimum absolute atomic E-state index is 0.114. The minimum atomic E-state index is 0.114. The lowest BCUT2D eigenvalue weighted by atomic mass is 10.1. The summed E-state index contributed by atoms with van der Waals surface area (Å²) in [5.74, 6) is 1.05. The summed E-state index contributed by atoms with van der Waals surface area (Å²) in [7, 11) is 0. The third kappa shape index (κ3) is 3.56. The molecule has 4 rings (SSSR count). The van der Waals surface area contributed by atoms with E-state index in [9.17, 15) is 4.79 Å². The summed E-state index contributed by atoms with van der Waals surface area (Å²) in [6.45, 7) is 5.00. The number of aryl methyl sites for hydroxylation is 1. The standard InChI is InChI=1S/C23H23NOS2/c1-3-13-24(18-11-9-16(4-2)10-12-18)23(25)21-14-17-15-26-20-8-6-5-7-19(20)22(17)27-21/h5-12,14H,3-4,13,15H2,1-2H3. The molecule has 1 aliphatic rings. The summed E-state index contributed by atoms with van der Waals surface area (Å²) < 4.78 is 0. The van der Waals surface area contributed by atoms with Crippen molar-refractivity contribution in [1.29, 1.82) is 0 Å². The van der Waals surface area contributed by atoms with Crippen LogP contribution in [-0.4, -0.2) is 12.5 Å². The van der Waals surface area contributed by atoms with Crippen LogP contribution in [0.25, 0.3) is 10.4 Å². The number of fused-ring (bicyclic) bond motifs is 3. The number of thioether (sulfide) groups is 1. The van der Waals surface area contributed by atoms with Crippen molar-refractivity contribution in [2.75, 3.05) is 11.4 Å². The molecule has 4 heteroatoms. The molecule has 2 aromatic carbocycles. The first-order valence-electron chi connectivity index (χ1n) is 9.47. The third-order valence-corrected chi connectivity index (χ3v) is 7.20. The molecule has 0 fully saturated rings. The minimum Gasteiger partial charge on any atom is -0.308 e. The van der Waals surface area contributed by atoms with Crippen LogP contribution in [0.3, 0.4) is 0 Å². The van der Waals surface area contributed by atoms with E-state index >= 15 is 0 Å². The summed E-state index contributed by atoms with van der Waals surface area (Å²) in [6, 6.07) is 19.0. The quantitative estimate of drug-likeness (QED) is 0.484. The maximum Gasteiger partial charge on any atom is 0.268 e. The van der Waals surface area contributed by atoms with Gasteiger partial charge in [0.05, 0.1) is 4.88 Å². The summed E-state index contributed by atoms with van der Waals surface area (Å²) in [5.41, 5.74) is 4.83. The number of rotatable bonds is 5. The molecule has 0 unspecified atom stereocenters. The average molecular weight is 394 g/mol. The molecule has 138 valence electrons. The molecule has 1 aromatic heterocycles. The van der Waals surface area contributed by atoms with Gasteiger partial charge in [-0.15, -0.1) is 23.1 Å². The molecule has 0 saturated heterocycles. The van der Waals surface area contributed by atoms with Gasteiger partial charge in [0.15, 0.2) is 0 Å². The molecule has 0 aliphatic carbocycles. The molecular weight excluding hydrogens is 370 g/mol. The number of thiophene rings is 1. The van der Waals surface area contributed by atoms with Crippen molar-refractivity contribution in [2.24, 2.45) is 0 Å². The monoisotopic (exact) mass is 393 g/mol. The Kier molecular flexibility index (Phi) is 5.37. The van der Waals surface area contributed by atoms with Crippen molar-refractivity contribution >= 4 is 34.7 Å². The summed E-state index contributed by atoms with van der Waals surface area (Å²) in [4.78, 5) is 18.7. The van der Waals surface area contributed by atoms with Gasteiger partial charge in [0.2, 0.25) is 0 Å². The number of hydrogen-bond acceptors (Lipinski definition) is 3. The van der Waals surface area contributed by atoms with Gasteiger partial charge in [0.1, 0.15) is 0 Å². The molecule has 2 nitrogen and oxygen atoms in total. The van der Waals surface area contributed by atoms with Crippen LogP contribution in [0, 0.1) is 0 Å². The van der Waals surface area contributed by atoms with E-state index in [-0.39, 0.29) is 5.91 Å². The largest absolute Gasteiger partial charge is 0.308 e. The van der Waals surface area contributed by atoms with Crippen molar-refractivity contribution in [3.8, 4) is 10.4 Å². The fourth-order valence-electron chi connectivity index (χ4n) is 3.42. The summed E-state index contributed by atoms with van der Waals surface area (Å²) in [5, 5.41) is 0. The Morgan fingerprint density at radius 1 is 1.07 bits per heavy atom. The van der Waals surface area contributed by atoms with E-state index < -0.39 is 0 Å². The predicted molar refractivity (Wildman–Crippen MR) is 117 cm³/mol. The average Bonchev–Trinajstić information content (AvgIpc) is 3.16. The van der Waals surface area contributed by atoms with Crippen LogP contribution < -0.4 is 4.90 Å². The topological polar surface area (TPSA) is 20.3 Å². The molecule has 0 radical (unpaired) electrons. The third-order valence-electron chi connectivity index (χ3n) is 4.88. The highest BCUT2D eigenvalue weighted by atomic mass is 32.2. The van der Waals surface area contributed by atoms with Gasteiger partial charge in [-0.2, -0.15) is 0 Å². The van der Waals surface area contributed by atoms with Gasteiger partial charge in [-0.1, -0.05) is 44.2 Å². The molecule has 27 heavy (non-hydrogen) atoms. The highest BCUT2D eigenvalue weighted by Gasteiger charge is 2.24. The van der Waals surface area contributed by atoms with Gasteiger partial charge in [-0.05, 0) is 48.2 Å². The van der Waals surface area contributed by atoms with Crippen molar-refractivity contribution in [3.63, 3.8) is 0 Å². The first-order chi connectivity index (χ1) is 13.2. The number of benzene rings is 2. The Morgan fingerprint density at radius 3 is 2.59 bits per heavy atom. The second kappa shape index (κ2) is 7.91. The van der Waals surface area contributed by atoms with Crippen LogP contribution in [0.2, 0.25) is 0 Å². The summed E-state index contributed by atoms with van der Waals surface area (Å²) in [6.07, 6.45) is 1.95. The molecule has 2 heterocycles. The lowest BCUT2D eigenvalue weighted by Gasteiger charge is -2.22. The molecule has 1 amide bonds. The Hall–Kier alpha value is -2.04. The van der Waals surface area contributed by atoms with Gasteiger partial charge in [0.25, 0.3) is 5.91 Å². The smallest absolute Gasteiger partial charge is 0.268 e. The van der Waals surface area contributed by atoms with Crippen LogP contribution in [0.4, 0.5) is 5.69 Å². The van der Waals surface area contributed by atoms with Crippen LogP contribution in [-0.2, 0) is 12.2 Å². The first-order valence-corrected chi connectivity index (χ1v) is 11.3. The maximum atomic E-state index is 13.3. The molecular formula is C23H23NOS2. The van der Waals surface area contributed by atoms with E-state index in [4.69, 9.17) is 0 Å². The second-order valence-electron chi connectivity index (χ2n) is 6.73. The van der Waals surface area contributed by atoms with Crippen molar-refractivity contribution < 1.29 is 4.79 Å². The van der Waals surface area contributed by atoms with E-state index in [1.807, 2.05) is 16.7 Å². The van der Waals surface area contributed by atoms with Crippen molar-refractivity contribution in [3.05, 3.63) is 70.6 Å². The van der Waals surface area contributed by atoms with Gasteiger partial charge in [0, 0.05) is 33.3 Å². The summed E-state index contributed by atoms with van der Waals surface area (Å²) >= 11 is 3.50. The van der Waals surface area contributed by atoms with Gasteiger partial charge in [-0.3, -0.25) is 4.79 Å². The number of nitrogens with zero attached hydrogens (tertiary/aromatic N) is 1. The van der Waals surface area contributed by atoms with E-state index in [0.29, 0.717) is 0 Å². The van der Waals surface area contributed by atoms with E-state index in [1.54, 1.807) is 11.3 Å². The highest BCUT2D eigenvalue weighted by molar-refractivity contribution is 7.98. The van der Waals surface area contributed by atoms with E-state index in [1.165, 1.54) is 26.5 Å². The van der Waals surface area contributed by atoms with Gasteiger partial charge >= 0.3 is 0 Å².